The van der Waals surface area contributed by atoms with Gasteiger partial charge in [-0.1, -0.05) is 42.4 Å². The van der Waals surface area contributed by atoms with Crippen LogP contribution in [0.3, 0.4) is 0 Å². The number of amides is 2. The van der Waals surface area contributed by atoms with Crippen LogP contribution in [0.15, 0.2) is 47.0 Å². The van der Waals surface area contributed by atoms with Crippen LogP contribution in [-0.4, -0.2) is 64.7 Å². The number of aryl methyl sites for hydroxylation is 1. The molecule has 5 rings (SSSR count). The number of likely N-dealkylation sites (N-methyl/N-ethyl adjacent to an activating group) is 1. The van der Waals surface area contributed by atoms with Crippen LogP contribution in [0.2, 0.25) is 0 Å². The lowest BCUT2D eigenvalue weighted by Crippen LogP contribution is -2.36. The lowest BCUT2D eigenvalue weighted by molar-refractivity contribution is -0.122. The lowest BCUT2D eigenvalue weighted by atomic mass is 9.79. The zero-order valence-corrected chi connectivity index (χ0v) is 20.5. The fourth-order valence-electron chi connectivity index (χ4n) is 5.23. The van der Waals surface area contributed by atoms with Gasteiger partial charge in [-0.25, -0.2) is 0 Å². The minimum atomic E-state index is -0.512. The summed E-state index contributed by atoms with van der Waals surface area (Å²) in [4.78, 5) is 32.0. The topological polar surface area (TPSA) is 121 Å². The Labute approximate surface area is 209 Å². The summed E-state index contributed by atoms with van der Waals surface area (Å²) in [7, 11) is 1.64. The molecule has 36 heavy (non-hydrogen) atoms. The van der Waals surface area contributed by atoms with Crippen molar-refractivity contribution >= 4 is 17.5 Å². The molecule has 9 heteroatoms. The Morgan fingerprint density at radius 1 is 1.28 bits per heavy atom. The first-order valence-electron chi connectivity index (χ1n) is 12.4. The Balaban J connectivity index is 1.56. The molecule has 188 valence electrons. The maximum absolute atomic E-state index is 13.4. The standard InChI is InChI=1S/C27H31N5O4/c1-3-24-30-26(31-36-24)19-6-4-5-16(11-19)21(15-32-10-9-20(33)14-32)25(27(35)28-2)18-8-7-17-13-23(34)29-22(17)12-18/h4-8,11-12,20-21,25,33H,3,9-10,13-15H2,1-2H3,(H,28,35)(H,29,34)/t20-,21+,25?/m0/s1. The third kappa shape index (κ3) is 4.89. The van der Waals surface area contributed by atoms with E-state index >= 15 is 0 Å². The molecule has 1 fully saturated rings. The number of benzene rings is 2. The van der Waals surface area contributed by atoms with E-state index in [1.165, 1.54) is 0 Å². The Morgan fingerprint density at radius 3 is 2.86 bits per heavy atom. The van der Waals surface area contributed by atoms with Gasteiger partial charge in [0.2, 0.25) is 23.5 Å². The molecule has 0 aliphatic carbocycles. The van der Waals surface area contributed by atoms with E-state index in [0.29, 0.717) is 44.1 Å². The molecule has 1 unspecified atom stereocenters. The van der Waals surface area contributed by atoms with Gasteiger partial charge in [0.25, 0.3) is 0 Å². The van der Waals surface area contributed by atoms with Crippen molar-refractivity contribution in [1.82, 2.24) is 20.4 Å². The molecule has 2 aliphatic heterocycles. The van der Waals surface area contributed by atoms with Gasteiger partial charge in [0.1, 0.15) is 0 Å². The van der Waals surface area contributed by atoms with E-state index < -0.39 is 5.92 Å². The smallest absolute Gasteiger partial charge is 0.228 e. The number of anilines is 1. The van der Waals surface area contributed by atoms with Crippen molar-refractivity contribution in [2.75, 3.05) is 32.0 Å². The number of fused-ring (bicyclic) bond motifs is 1. The number of likely N-dealkylation sites (tertiary alicyclic amines) is 1. The Kier molecular flexibility index (Phi) is 6.84. The van der Waals surface area contributed by atoms with Crippen LogP contribution in [-0.2, 0) is 22.4 Å². The molecule has 3 N–H and O–H groups in total. The molecule has 3 heterocycles. The van der Waals surface area contributed by atoms with Gasteiger partial charge in [-0.3, -0.25) is 9.59 Å². The number of nitrogens with one attached hydrogen (secondary N) is 2. The van der Waals surface area contributed by atoms with Gasteiger partial charge >= 0.3 is 0 Å². The highest BCUT2D eigenvalue weighted by molar-refractivity contribution is 5.99. The highest BCUT2D eigenvalue weighted by atomic mass is 16.5. The van der Waals surface area contributed by atoms with Gasteiger partial charge < -0.3 is 25.2 Å². The van der Waals surface area contributed by atoms with Gasteiger partial charge in [0.05, 0.1) is 18.4 Å². The molecule has 2 aliphatic rings. The fraction of sp³-hybridized carbons (Fsp3) is 0.407. The van der Waals surface area contributed by atoms with Crippen LogP contribution in [0.25, 0.3) is 11.4 Å². The molecule has 0 spiro atoms. The number of carbonyl (C=O) groups is 2. The molecule has 0 saturated carbocycles. The minimum absolute atomic E-state index is 0.0412. The number of aromatic nitrogens is 2. The second-order valence-electron chi connectivity index (χ2n) is 9.53. The van der Waals surface area contributed by atoms with Gasteiger partial charge in [-0.15, -0.1) is 0 Å². The van der Waals surface area contributed by atoms with Crippen LogP contribution in [0.1, 0.15) is 47.8 Å². The number of hydrogen-bond acceptors (Lipinski definition) is 7. The summed E-state index contributed by atoms with van der Waals surface area (Å²) in [6, 6.07) is 13.7. The molecule has 9 nitrogen and oxygen atoms in total. The van der Waals surface area contributed by atoms with Crippen molar-refractivity contribution in [2.45, 2.75) is 44.1 Å². The maximum Gasteiger partial charge on any atom is 0.228 e. The van der Waals surface area contributed by atoms with E-state index in [1.54, 1.807) is 7.05 Å². The first kappa shape index (κ1) is 24.1. The van der Waals surface area contributed by atoms with E-state index in [1.807, 2.05) is 49.4 Å². The number of carbonyl (C=O) groups excluding carboxylic acids is 2. The lowest BCUT2D eigenvalue weighted by Gasteiger charge is -2.31. The molecule has 3 aromatic rings. The summed E-state index contributed by atoms with van der Waals surface area (Å²) in [5.41, 5.74) is 4.31. The number of β-amino-alcohol motifs (C(OH)–C–C–N with tert-alkyl or cyclic N) is 1. The first-order valence-corrected chi connectivity index (χ1v) is 12.4. The number of rotatable bonds is 8. The second kappa shape index (κ2) is 10.2. The van der Waals surface area contributed by atoms with Crippen LogP contribution in [0.4, 0.5) is 5.69 Å². The molecule has 3 atom stereocenters. The van der Waals surface area contributed by atoms with Crippen molar-refractivity contribution in [3.8, 4) is 11.4 Å². The molecule has 2 aromatic carbocycles. The van der Waals surface area contributed by atoms with E-state index in [0.717, 1.165) is 34.5 Å². The molecule has 0 radical (unpaired) electrons. The highest BCUT2D eigenvalue weighted by Gasteiger charge is 2.35. The van der Waals surface area contributed by atoms with Gasteiger partial charge in [0.15, 0.2) is 0 Å². The predicted octanol–water partition coefficient (Wildman–Crippen LogP) is 2.47. The van der Waals surface area contributed by atoms with Gasteiger partial charge in [-0.05, 0) is 35.2 Å². The van der Waals surface area contributed by atoms with Crippen molar-refractivity contribution < 1.29 is 19.2 Å². The van der Waals surface area contributed by atoms with E-state index in [4.69, 9.17) is 4.52 Å². The van der Waals surface area contributed by atoms with Crippen molar-refractivity contribution in [3.63, 3.8) is 0 Å². The van der Waals surface area contributed by atoms with Crippen LogP contribution < -0.4 is 10.6 Å². The number of aliphatic hydroxyl groups is 1. The summed E-state index contributed by atoms with van der Waals surface area (Å²) >= 11 is 0. The average molecular weight is 490 g/mol. The zero-order valence-electron chi connectivity index (χ0n) is 20.5. The summed E-state index contributed by atoms with van der Waals surface area (Å²) in [5.74, 6) is 0.204. The van der Waals surface area contributed by atoms with E-state index in [-0.39, 0.29) is 23.8 Å². The molecule has 0 bridgehead atoms. The Bertz CT molecular complexity index is 1270. The third-order valence-electron chi connectivity index (χ3n) is 7.10. The molecule has 2 amide bonds. The van der Waals surface area contributed by atoms with Crippen molar-refractivity contribution in [1.29, 1.82) is 0 Å². The monoisotopic (exact) mass is 489 g/mol. The first-order chi connectivity index (χ1) is 17.4. The summed E-state index contributed by atoms with van der Waals surface area (Å²) < 4.78 is 5.32. The third-order valence-corrected chi connectivity index (χ3v) is 7.10. The maximum atomic E-state index is 13.4. The molecule has 1 aromatic heterocycles. The molecule has 1 saturated heterocycles. The van der Waals surface area contributed by atoms with Gasteiger partial charge in [-0.2, -0.15) is 4.98 Å². The van der Waals surface area contributed by atoms with Crippen LogP contribution in [0, 0.1) is 0 Å². The summed E-state index contributed by atoms with van der Waals surface area (Å²) in [6.45, 7) is 3.89. The number of nitrogens with zero attached hydrogens (tertiary/aromatic N) is 3. The summed E-state index contributed by atoms with van der Waals surface area (Å²) in [5, 5.41) is 20.0. The Morgan fingerprint density at radius 2 is 2.14 bits per heavy atom. The zero-order chi connectivity index (χ0) is 25.2. The largest absolute Gasteiger partial charge is 0.392 e. The number of aliphatic hydroxyl groups excluding tert-OH is 1. The summed E-state index contributed by atoms with van der Waals surface area (Å²) in [6.07, 6.45) is 1.35. The predicted molar refractivity (Wildman–Crippen MR) is 135 cm³/mol. The molecular formula is C27H31N5O4. The van der Waals surface area contributed by atoms with E-state index in [2.05, 4.69) is 25.7 Å². The SMILES string of the molecule is CCc1nc(-c2cccc([C@@H](CN3CC[C@H](O)C3)C(C(=O)NC)c3ccc4c(c3)NC(=O)C4)c2)no1. The van der Waals surface area contributed by atoms with Crippen molar-refractivity contribution in [2.24, 2.45) is 0 Å². The van der Waals surface area contributed by atoms with Crippen LogP contribution >= 0.6 is 0 Å². The van der Waals surface area contributed by atoms with Gasteiger partial charge in [0, 0.05) is 50.3 Å². The minimum Gasteiger partial charge on any atom is -0.392 e. The second-order valence-corrected chi connectivity index (χ2v) is 9.53. The van der Waals surface area contributed by atoms with Crippen LogP contribution in [0.5, 0.6) is 0 Å². The highest BCUT2D eigenvalue weighted by Crippen LogP contribution is 2.38. The Hall–Kier alpha value is -3.56. The fourth-order valence-corrected chi connectivity index (χ4v) is 5.23. The average Bonchev–Trinajstić information content (AvgIpc) is 3.62. The quantitative estimate of drug-likeness (QED) is 0.445. The normalized spacial score (nSPS) is 19.1. The van der Waals surface area contributed by atoms with E-state index in [9.17, 15) is 14.7 Å². The number of hydrogen-bond donors (Lipinski definition) is 3. The molecular weight excluding hydrogens is 458 g/mol. The van der Waals surface area contributed by atoms with Crippen molar-refractivity contribution in [3.05, 3.63) is 65.0 Å².